The maximum Gasteiger partial charge on any atom is 0.321 e. The van der Waals surface area contributed by atoms with E-state index >= 15 is 0 Å². The van der Waals surface area contributed by atoms with Crippen LogP contribution in [0.15, 0.2) is 24.5 Å². The molecule has 7 nitrogen and oxygen atoms in total. The van der Waals surface area contributed by atoms with Gasteiger partial charge in [-0.25, -0.2) is 4.79 Å². The molecule has 2 amide bonds. The van der Waals surface area contributed by atoms with Crippen molar-refractivity contribution in [2.45, 2.75) is 39.4 Å². The molecule has 0 aromatic carbocycles. The van der Waals surface area contributed by atoms with Gasteiger partial charge in [-0.15, -0.1) is 0 Å². The Labute approximate surface area is 148 Å². The van der Waals surface area contributed by atoms with Crippen LogP contribution in [0.4, 0.5) is 10.5 Å². The zero-order chi connectivity index (χ0) is 17.8. The van der Waals surface area contributed by atoms with Gasteiger partial charge in [-0.3, -0.25) is 9.67 Å². The van der Waals surface area contributed by atoms with Crippen LogP contribution < -0.4 is 5.32 Å². The SMILES string of the molecule is Cc1nn(C)c(C)c1NC(=O)N1CCC(OCc2cccnc2)CC1. The van der Waals surface area contributed by atoms with Gasteiger partial charge >= 0.3 is 6.03 Å². The van der Waals surface area contributed by atoms with Gasteiger partial charge in [-0.1, -0.05) is 6.07 Å². The highest BCUT2D eigenvalue weighted by atomic mass is 16.5. The van der Waals surface area contributed by atoms with Crippen molar-refractivity contribution in [3.8, 4) is 0 Å². The predicted molar refractivity (Wildman–Crippen MR) is 95.3 cm³/mol. The third-order valence-electron chi connectivity index (χ3n) is 4.68. The molecule has 1 aliphatic rings. The average molecular weight is 343 g/mol. The van der Waals surface area contributed by atoms with Gasteiger partial charge in [0.1, 0.15) is 0 Å². The summed E-state index contributed by atoms with van der Waals surface area (Å²) in [6, 6.07) is 3.85. The van der Waals surface area contributed by atoms with Crippen molar-refractivity contribution >= 4 is 11.7 Å². The van der Waals surface area contributed by atoms with Crippen LogP contribution in [0.5, 0.6) is 0 Å². The second-order valence-corrected chi connectivity index (χ2v) is 6.46. The first-order valence-corrected chi connectivity index (χ1v) is 8.61. The molecule has 1 saturated heterocycles. The van der Waals surface area contributed by atoms with Gasteiger partial charge in [-0.05, 0) is 38.3 Å². The van der Waals surface area contributed by atoms with Gasteiger partial charge in [0.05, 0.1) is 29.8 Å². The van der Waals surface area contributed by atoms with Gasteiger partial charge in [0.2, 0.25) is 0 Å². The Kier molecular flexibility index (Phi) is 5.33. The Balaban J connectivity index is 1.47. The standard InChI is InChI=1S/C18H25N5O2/c1-13-17(14(2)22(3)21-13)20-18(24)23-9-6-16(7-10-23)25-12-15-5-4-8-19-11-15/h4-5,8,11,16H,6-7,9-10,12H2,1-3H3,(H,20,24). The fourth-order valence-corrected chi connectivity index (χ4v) is 3.06. The lowest BCUT2D eigenvalue weighted by Gasteiger charge is -2.32. The van der Waals surface area contributed by atoms with Crippen molar-refractivity contribution in [1.29, 1.82) is 0 Å². The number of aryl methyl sites for hydroxylation is 2. The number of hydrogen-bond acceptors (Lipinski definition) is 4. The minimum atomic E-state index is -0.0649. The summed E-state index contributed by atoms with van der Waals surface area (Å²) in [5, 5.41) is 7.33. The van der Waals surface area contributed by atoms with Crippen LogP contribution in [-0.2, 0) is 18.4 Å². The molecule has 1 aliphatic heterocycles. The average Bonchev–Trinajstić information content (AvgIpc) is 2.87. The van der Waals surface area contributed by atoms with Crippen LogP contribution in [0.1, 0.15) is 29.8 Å². The molecule has 25 heavy (non-hydrogen) atoms. The number of aromatic nitrogens is 3. The molecule has 3 heterocycles. The highest BCUT2D eigenvalue weighted by Crippen LogP contribution is 2.21. The quantitative estimate of drug-likeness (QED) is 0.926. The number of anilines is 1. The summed E-state index contributed by atoms with van der Waals surface area (Å²) in [4.78, 5) is 18.4. The smallest absolute Gasteiger partial charge is 0.321 e. The van der Waals surface area contributed by atoms with E-state index in [0.29, 0.717) is 19.7 Å². The zero-order valence-corrected chi connectivity index (χ0v) is 15.0. The van der Waals surface area contributed by atoms with E-state index in [1.807, 2.05) is 44.1 Å². The number of urea groups is 1. The Morgan fingerprint density at radius 1 is 1.36 bits per heavy atom. The summed E-state index contributed by atoms with van der Waals surface area (Å²) < 4.78 is 7.73. The lowest BCUT2D eigenvalue weighted by atomic mass is 10.1. The number of pyridine rings is 1. The zero-order valence-electron chi connectivity index (χ0n) is 15.0. The number of carbonyl (C=O) groups excluding carboxylic acids is 1. The highest BCUT2D eigenvalue weighted by Gasteiger charge is 2.24. The van der Waals surface area contributed by atoms with Crippen LogP contribution in [0.2, 0.25) is 0 Å². The summed E-state index contributed by atoms with van der Waals surface area (Å²) in [7, 11) is 1.88. The molecule has 1 N–H and O–H groups in total. The summed E-state index contributed by atoms with van der Waals surface area (Å²) in [5.74, 6) is 0. The minimum Gasteiger partial charge on any atom is -0.373 e. The molecular weight excluding hydrogens is 318 g/mol. The Morgan fingerprint density at radius 3 is 2.72 bits per heavy atom. The maximum atomic E-state index is 12.5. The number of carbonyl (C=O) groups is 1. The summed E-state index contributed by atoms with van der Waals surface area (Å²) in [6.07, 6.45) is 5.45. The number of amides is 2. The van der Waals surface area contributed by atoms with E-state index in [2.05, 4.69) is 15.4 Å². The second kappa shape index (κ2) is 7.65. The summed E-state index contributed by atoms with van der Waals surface area (Å²) in [5.41, 5.74) is 3.68. The fourth-order valence-electron chi connectivity index (χ4n) is 3.06. The molecule has 3 rings (SSSR count). The lowest BCUT2D eigenvalue weighted by molar-refractivity contribution is 0.00529. The van der Waals surface area contributed by atoms with Crippen LogP contribution in [0.3, 0.4) is 0 Å². The molecule has 0 radical (unpaired) electrons. The van der Waals surface area contributed by atoms with Crippen molar-refractivity contribution in [2.75, 3.05) is 18.4 Å². The monoisotopic (exact) mass is 343 g/mol. The predicted octanol–water partition coefficient (Wildman–Crippen LogP) is 2.65. The van der Waals surface area contributed by atoms with E-state index in [9.17, 15) is 4.79 Å². The van der Waals surface area contributed by atoms with E-state index in [4.69, 9.17) is 4.74 Å². The fraction of sp³-hybridized carbons (Fsp3) is 0.500. The minimum absolute atomic E-state index is 0.0649. The number of nitrogens with zero attached hydrogens (tertiary/aromatic N) is 4. The molecule has 7 heteroatoms. The normalized spacial score (nSPS) is 15.4. The van der Waals surface area contributed by atoms with Crippen molar-refractivity contribution in [3.05, 3.63) is 41.5 Å². The van der Waals surface area contributed by atoms with E-state index in [-0.39, 0.29) is 12.1 Å². The molecule has 0 spiro atoms. The number of rotatable bonds is 4. The summed E-state index contributed by atoms with van der Waals surface area (Å²) in [6.45, 7) is 5.82. The first-order valence-electron chi connectivity index (χ1n) is 8.61. The first-order chi connectivity index (χ1) is 12.0. The van der Waals surface area contributed by atoms with Crippen LogP contribution >= 0.6 is 0 Å². The molecule has 2 aromatic rings. The molecule has 134 valence electrons. The number of piperidine rings is 1. The highest BCUT2D eigenvalue weighted by molar-refractivity contribution is 5.90. The van der Waals surface area contributed by atoms with E-state index in [1.54, 1.807) is 10.9 Å². The number of hydrogen-bond donors (Lipinski definition) is 1. The van der Waals surface area contributed by atoms with Crippen LogP contribution in [-0.4, -0.2) is 44.9 Å². The number of likely N-dealkylation sites (tertiary alicyclic amines) is 1. The van der Waals surface area contributed by atoms with Crippen molar-refractivity contribution in [3.63, 3.8) is 0 Å². The molecule has 0 unspecified atom stereocenters. The maximum absolute atomic E-state index is 12.5. The van der Waals surface area contributed by atoms with Crippen LogP contribution in [0.25, 0.3) is 0 Å². The number of ether oxygens (including phenoxy) is 1. The van der Waals surface area contributed by atoms with Gasteiger partial charge in [0.25, 0.3) is 0 Å². The second-order valence-electron chi connectivity index (χ2n) is 6.46. The largest absolute Gasteiger partial charge is 0.373 e. The first kappa shape index (κ1) is 17.4. The topological polar surface area (TPSA) is 72.3 Å². The third-order valence-corrected chi connectivity index (χ3v) is 4.68. The van der Waals surface area contributed by atoms with Crippen molar-refractivity contribution in [2.24, 2.45) is 7.05 Å². The van der Waals surface area contributed by atoms with E-state index in [1.165, 1.54) is 0 Å². The third kappa shape index (κ3) is 4.17. The van der Waals surface area contributed by atoms with E-state index < -0.39 is 0 Å². The Bertz CT molecular complexity index is 721. The Hall–Kier alpha value is -2.41. The Morgan fingerprint density at radius 2 is 2.12 bits per heavy atom. The van der Waals surface area contributed by atoms with Crippen molar-refractivity contribution in [1.82, 2.24) is 19.7 Å². The van der Waals surface area contributed by atoms with Gasteiger partial charge in [0.15, 0.2) is 0 Å². The molecule has 0 atom stereocenters. The molecule has 0 bridgehead atoms. The molecule has 0 aliphatic carbocycles. The van der Waals surface area contributed by atoms with Gasteiger partial charge in [-0.2, -0.15) is 5.10 Å². The summed E-state index contributed by atoms with van der Waals surface area (Å²) >= 11 is 0. The van der Waals surface area contributed by atoms with Gasteiger partial charge in [0, 0.05) is 32.5 Å². The molecular formula is C18H25N5O2. The number of nitrogens with one attached hydrogen (secondary N) is 1. The van der Waals surface area contributed by atoms with Crippen molar-refractivity contribution < 1.29 is 9.53 Å². The molecule has 2 aromatic heterocycles. The van der Waals surface area contributed by atoms with Gasteiger partial charge < -0.3 is 15.0 Å². The van der Waals surface area contributed by atoms with Crippen LogP contribution in [0, 0.1) is 13.8 Å². The van der Waals surface area contributed by atoms with E-state index in [0.717, 1.165) is 35.5 Å². The molecule has 0 saturated carbocycles. The lowest BCUT2D eigenvalue weighted by Crippen LogP contribution is -2.43. The molecule has 1 fully saturated rings.